The smallest absolute Gasteiger partial charge is 0.174 e. The maximum atomic E-state index is 5.39. The lowest BCUT2D eigenvalue weighted by atomic mass is 10.2. The third-order valence-corrected chi connectivity index (χ3v) is 3.80. The summed E-state index contributed by atoms with van der Waals surface area (Å²) in [5, 5.41) is 6.29. The number of rotatable bonds is 6. The highest BCUT2D eigenvalue weighted by atomic mass is 79.9. The number of ether oxygens (including phenoxy) is 2. The van der Waals surface area contributed by atoms with Crippen LogP contribution in [-0.2, 0) is 6.42 Å². The second kappa shape index (κ2) is 7.31. The van der Waals surface area contributed by atoms with E-state index in [0.717, 1.165) is 12.1 Å². The van der Waals surface area contributed by atoms with Crippen LogP contribution in [-0.4, -0.2) is 31.2 Å². The minimum atomic E-state index is 0.592. The molecule has 1 aromatic carbocycles. The van der Waals surface area contributed by atoms with Crippen LogP contribution >= 0.6 is 15.9 Å². The van der Waals surface area contributed by atoms with Gasteiger partial charge in [-0.15, -0.1) is 0 Å². The normalized spacial score (nSPS) is 10.2. The molecule has 0 aliphatic carbocycles. The lowest BCUT2D eigenvalue weighted by Crippen LogP contribution is -2.07. The molecule has 0 saturated carbocycles. The van der Waals surface area contributed by atoms with Gasteiger partial charge in [-0.2, -0.15) is 0 Å². The van der Waals surface area contributed by atoms with Gasteiger partial charge in [-0.3, -0.25) is 0 Å². The molecule has 0 radical (unpaired) electrons. The Kier molecular flexibility index (Phi) is 5.43. The summed E-state index contributed by atoms with van der Waals surface area (Å²) in [5.41, 5.74) is 1.59. The zero-order valence-electron chi connectivity index (χ0n) is 13.0. The molecule has 0 atom stereocenters. The average molecular weight is 367 g/mol. The number of methoxy groups -OCH3 is 2. The van der Waals surface area contributed by atoms with Gasteiger partial charge in [0.1, 0.15) is 21.8 Å². The molecule has 2 rings (SSSR count). The summed E-state index contributed by atoms with van der Waals surface area (Å²) in [4.78, 5) is 9.08. The summed E-state index contributed by atoms with van der Waals surface area (Å²) >= 11 is 3.45. The second-order valence-corrected chi connectivity index (χ2v) is 5.18. The molecule has 22 heavy (non-hydrogen) atoms. The summed E-state index contributed by atoms with van der Waals surface area (Å²) in [7, 11) is 5.03. The maximum absolute atomic E-state index is 5.39. The third-order valence-electron chi connectivity index (χ3n) is 3.16. The Hall–Kier alpha value is -2.02. The van der Waals surface area contributed by atoms with Gasteiger partial charge in [-0.1, -0.05) is 13.0 Å². The zero-order chi connectivity index (χ0) is 16.1. The molecule has 0 bridgehead atoms. The minimum absolute atomic E-state index is 0.592. The Labute approximate surface area is 138 Å². The molecular weight excluding hydrogens is 348 g/mol. The number of hydrogen-bond donors (Lipinski definition) is 2. The molecule has 0 fully saturated rings. The molecule has 2 aromatic rings. The lowest BCUT2D eigenvalue weighted by molar-refractivity contribution is 0.398. The van der Waals surface area contributed by atoms with Crippen molar-refractivity contribution < 1.29 is 9.47 Å². The highest BCUT2D eigenvalue weighted by Crippen LogP contribution is 2.37. The van der Waals surface area contributed by atoms with E-state index in [4.69, 9.17) is 9.47 Å². The van der Waals surface area contributed by atoms with Gasteiger partial charge in [0.15, 0.2) is 11.6 Å². The Bertz CT molecular complexity index is 642. The highest BCUT2D eigenvalue weighted by Gasteiger charge is 2.15. The van der Waals surface area contributed by atoms with E-state index >= 15 is 0 Å². The van der Waals surface area contributed by atoms with Crippen molar-refractivity contribution >= 4 is 33.3 Å². The quantitative estimate of drug-likeness (QED) is 0.813. The van der Waals surface area contributed by atoms with E-state index in [2.05, 4.69) is 36.5 Å². The number of nitrogens with zero attached hydrogens (tertiary/aromatic N) is 2. The standard InChI is InChI=1S/C15H19BrN4O2/c1-5-9-13(16)20-15(14(17-2)18-9)19-12-10(21-3)7-6-8-11(12)22-4/h6-8H,5H2,1-4H3,(H,17,18)(H,19,20). The van der Waals surface area contributed by atoms with Crippen LogP contribution < -0.4 is 20.1 Å². The third kappa shape index (κ3) is 3.24. The van der Waals surface area contributed by atoms with Crippen molar-refractivity contribution in [1.29, 1.82) is 0 Å². The van der Waals surface area contributed by atoms with Gasteiger partial charge < -0.3 is 20.1 Å². The van der Waals surface area contributed by atoms with Crippen molar-refractivity contribution in [3.8, 4) is 11.5 Å². The van der Waals surface area contributed by atoms with E-state index in [1.807, 2.05) is 32.2 Å². The number of aromatic nitrogens is 2. The van der Waals surface area contributed by atoms with Gasteiger partial charge >= 0.3 is 0 Å². The number of benzene rings is 1. The van der Waals surface area contributed by atoms with E-state index in [0.29, 0.717) is 33.4 Å². The maximum Gasteiger partial charge on any atom is 0.174 e. The van der Waals surface area contributed by atoms with Crippen LogP contribution in [0, 0.1) is 0 Å². The van der Waals surface area contributed by atoms with Crippen molar-refractivity contribution in [3.05, 3.63) is 28.5 Å². The molecular formula is C15H19BrN4O2. The fourth-order valence-electron chi connectivity index (χ4n) is 2.03. The van der Waals surface area contributed by atoms with Crippen molar-refractivity contribution in [1.82, 2.24) is 9.97 Å². The van der Waals surface area contributed by atoms with Crippen LogP contribution in [0.4, 0.5) is 17.3 Å². The molecule has 0 aliphatic rings. The fourth-order valence-corrected chi connectivity index (χ4v) is 2.58. The largest absolute Gasteiger partial charge is 0.494 e. The van der Waals surface area contributed by atoms with Gasteiger partial charge in [0, 0.05) is 7.05 Å². The van der Waals surface area contributed by atoms with Crippen molar-refractivity contribution in [2.24, 2.45) is 0 Å². The monoisotopic (exact) mass is 366 g/mol. The van der Waals surface area contributed by atoms with Crippen LogP contribution in [0.15, 0.2) is 22.8 Å². The van der Waals surface area contributed by atoms with Crippen LogP contribution in [0.5, 0.6) is 11.5 Å². The Morgan fingerprint density at radius 3 is 2.23 bits per heavy atom. The van der Waals surface area contributed by atoms with E-state index in [9.17, 15) is 0 Å². The molecule has 118 valence electrons. The first-order chi connectivity index (χ1) is 10.6. The second-order valence-electron chi connectivity index (χ2n) is 4.42. The summed E-state index contributed by atoms with van der Waals surface area (Å²) in [6.45, 7) is 2.03. The number of nitrogens with one attached hydrogen (secondary N) is 2. The summed E-state index contributed by atoms with van der Waals surface area (Å²) in [6, 6.07) is 5.57. The van der Waals surface area contributed by atoms with Crippen molar-refractivity contribution in [2.45, 2.75) is 13.3 Å². The number of hydrogen-bond acceptors (Lipinski definition) is 6. The average Bonchev–Trinajstić information content (AvgIpc) is 2.55. The zero-order valence-corrected chi connectivity index (χ0v) is 14.6. The molecule has 0 amide bonds. The SMILES string of the molecule is CCc1nc(NC)c(Nc2c(OC)cccc2OC)nc1Br. The Balaban J connectivity index is 2.49. The van der Waals surface area contributed by atoms with E-state index in [1.54, 1.807) is 14.2 Å². The van der Waals surface area contributed by atoms with Crippen LogP contribution in [0.25, 0.3) is 0 Å². The predicted molar refractivity (Wildman–Crippen MR) is 91.5 cm³/mol. The molecule has 0 spiro atoms. The van der Waals surface area contributed by atoms with Gasteiger partial charge in [0.25, 0.3) is 0 Å². The number of aryl methyl sites for hydroxylation is 1. The summed E-state index contributed by atoms with van der Waals surface area (Å²) < 4.78 is 11.5. The number of para-hydroxylation sites is 1. The molecule has 0 unspecified atom stereocenters. The van der Waals surface area contributed by atoms with Gasteiger partial charge in [0.2, 0.25) is 0 Å². The first-order valence-corrected chi connectivity index (χ1v) is 7.66. The molecule has 2 N–H and O–H groups in total. The molecule has 0 aliphatic heterocycles. The van der Waals surface area contributed by atoms with E-state index in [-0.39, 0.29) is 0 Å². The first-order valence-electron chi connectivity index (χ1n) is 6.86. The Morgan fingerprint density at radius 2 is 1.73 bits per heavy atom. The predicted octanol–water partition coefficient (Wildman–Crippen LogP) is 3.60. The number of halogens is 1. The molecule has 0 saturated heterocycles. The molecule has 1 aromatic heterocycles. The van der Waals surface area contributed by atoms with Gasteiger partial charge in [-0.25, -0.2) is 9.97 Å². The highest BCUT2D eigenvalue weighted by molar-refractivity contribution is 9.10. The van der Waals surface area contributed by atoms with Crippen LogP contribution in [0.3, 0.4) is 0 Å². The van der Waals surface area contributed by atoms with Crippen LogP contribution in [0.1, 0.15) is 12.6 Å². The first kappa shape index (κ1) is 16.4. The van der Waals surface area contributed by atoms with E-state index < -0.39 is 0 Å². The fraction of sp³-hybridized carbons (Fsp3) is 0.333. The van der Waals surface area contributed by atoms with Crippen molar-refractivity contribution in [3.63, 3.8) is 0 Å². The lowest BCUT2D eigenvalue weighted by Gasteiger charge is -2.16. The topological polar surface area (TPSA) is 68.3 Å². The van der Waals surface area contributed by atoms with Gasteiger partial charge in [0.05, 0.1) is 19.9 Å². The minimum Gasteiger partial charge on any atom is -0.494 e. The molecule has 1 heterocycles. The van der Waals surface area contributed by atoms with Crippen LogP contribution in [0.2, 0.25) is 0 Å². The van der Waals surface area contributed by atoms with Gasteiger partial charge in [-0.05, 0) is 34.5 Å². The molecule has 6 nitrogen and oxygen atoms in total. The van der Waals surface area contributed by atoms with E-state index in [1.165, 1.54) is 0 Å². The summed E-state index contributed by atoms with van der Waals surface area (Å²) in [5.74, 6) is 2.58. The molecule has 7 heteroatoms. The van der Waals surface area contributed by atoms with Crippen molar-refractivity contribution in [2.75, 3.05) is 31.9 Å². The number of anilines is 3. The summed E-state index contributed by atoms with van der Waals surface area (Å²) in [6.07, 6.45) is 0.792. The Morgan fingerprint density at radius 1 is 1.09 bits per heavy atom.